The lowest BCUT2D eigenvalue weighted by Gasteiger charge is -2.12. The van der Waals surface area contributed by atoms with Gasteiger partial charge in [0.1, 0.15) is 16.9 Å². The number of methoxy groups -OCH3 is 1. The van der Waals surface area contributed by atoms with Crippen LogP contribution in [-0.4, -0.2) is 18.5 Å². The molecule has 0 spiro atoms. The van der Waals surface area contributed by atoms with E-state index in [-0.39, 0.29) is 0 Å². The van der Waals surface area contributed by atoms with Crippen LogP contribution in [0.15, 0.2) is 48.5 Å². The minimum atomic E-state index is -0.615. The fourth-order valence-corrected chi connectivity index (χ4v) is 2.59. The highest BCUT2D eigenvalue weighted by molar-refractivity contribution is 6.30. The quantitative estimate of drug-likeness (QED) is 0.428. The summed E-state index contributed by atoms with van der Waals surface area (Å²) in [7, 11) is 1.64. The first kappa shape index (κ1) is 17.4. The van der Waals surface area contributed by atoms with E-state index in [9.17, 15) is 4.79 Å². The number of hydrogen-bond donors (Lipinski definition) is 0. The molecule has 3 nitrogen and oxygen atoms in total. The van der Waals surface area contributed by atoms with Crippen molar-refractivity contribution in [1.82, 2.24) is 0 Å². The first-order valence-corrected chi connectivity index (χ1v) is 8.03. The van der Waals surface area contributed by atoms with Gasteiger partial charge in [0.2, 0.25) is 0 Å². The topological polar surface area (TPSA) is 35.5 Å². The van der Waals surface area contributed by atoms with Gasteiger partial charge in [0.25, 0.3) is 0 Å². The average Bonchev–Trinajstić information content (AvgIpc) is 2.55. The molecule has 0 bridgehead atoms. The third kappa shape index (κ3) is 5.00. The van der Waals surface area contributed by atoms with E-state index in [1.54, 1.807) is 19.2 Å². The zero-order valence-electron chi connectivity index (χ0n) is 13.6. The minimum Gasteiger partial charge on any atom is -0.497 e. The van der Waals surface area contributed by atoms with Gasteiger partial charge < -0.3 is 9.47 Å². The van der Waals surface area contributed by atoms with Gasteiger partial charge in [-0.05, 0) is 47.7 Å². The maximum absolute atomic E-state index is 11.9. The highest BCUT2D eigenvalue weighted by atomic mass is 35.5. The van der Waals surface area contributed by atoms with Crippen molar-refractivity contribution in [2.75, 3.05) is 7.11 Å². The van der Waals surface area contributed by atoms with Crippen LogP contribution >= 0.6 is 11.6 Å². The summed E-state index contributed by atoms with van der Waals surface area (Å²) >= 11 is 6.05. The SMILES string of the molecule is COc1ccc(-c2ccc(OC(=O)C(Cl)CC(C)C)cc2)cc1. The Bertz CT molecular complexity index is 633. The van der Waals surface area contributed by atoms with E-state index in [4.69, 9.17) is 21.1 Å². The number of esters is 1. The summed E-state index contributed by atoms with van der Waals surface area (Å²) in [5, 5.41) is -0.615. The van der Waals surface area contributed by atoms with Gasteiger partial charge in [0.05, 0.1) is 7.11 Å². The Kier molecular flexibility index (Phi) is 6.05. The fourth-order valence-electron chi connectivity index (χ4n) is 2.19. The molecule has 1 unspecified atom stereocenters. The van der Waals surface area contributed by atoms with Crippen LogP contribution in [0.4, 0.5) is 0 Å². The van der Waals surface area contributed by atoms with Gasteiger partial charge in [-0.3, -0.25) is 4.79 Å². The van der Waals surface area contributed by atoms with Gasteiger partial charge in [-0.25, -0.2) is 0 Å². The first-order valence-electron chi connectivity index (χ1n) is 7.60. The predicted octanol–water partition coefficient (Wildman–Crippen LogP) is 4.92. The van der Waals surface area contributed by atoms with Crippen molar-refractivity contribution in [2.24, 2.45) is 5.92 Å². The zero-order chi connectivity index (χ0) is 16.8. The van der Waals surface area contributed by atoms with Crippen LogP contribution in [-0.2, 0) is 4.79 Å². The van der Waals surface area contributed by atoms with Crippen molar-refractivity contribution in [3.8, 4) is 22.6 Å². The fraction of sp³-hybridized carbons (Fsp3) is 0.316. The molecule has 0 N–H and O–H groups in total. The lowest BCUT2D eigenvalue weighted by Crippen LogP contribution is -2.22. The molecule has 122 valence electrons. The van der Waals surface area contributed by atoms with Crippen LogP contribution < -0.4 is 9.47 Å². The van der Waals surface area contributed by atoms with Crippen LogP contribution in [0.25, 0.3) is 11.1 Å². The molecule has 2 aromatic carbocycles. The number of rotatable bonds is 6. The lowest BCUT2D eigenvalue weighted by molar-refractivity contribution is -0.134. The molecular weight excluding hydrogens is 312 g/mol. The number of halogens is 1. The highest BCUT2D eigenvalue weighted by Crippen LogP contribution is 2.25. The standard InChI is InChI=1S/C19H21ClO3/c1-13(2)12-18(20)19(21)23-17-10-6-15(7-11-17)14-4-8-16(22-3)9-5-14/h4-11,13,18H,12H2,1-3H3. The number of ether oxygens (including phenoxy) is 2. The van der Waals surface area contributed by atoms with Gasteiger partial charge in [-0.1, -0.05) is 38.1 Å². The summed E-state index contributed by atoms with van der Waals surface area (Å²) in [6.07, 6.45) is 0.602. The van der Waals surface area contributed by atoms with Gasteiger partial charge in [0, 0.05) is 0 Å². The van der Waals surface area contributed by atoms with Crippen LogP contribution in [0.5, 0.6) is 11.5 Å². The van der Waals surface area contributed by atoms with Crippen LogP contribution in [0.2, 0.25) is 0 Å². The molecule has 0 saturated heterocycles. The number of alkyl halides is 1. The Balaban J connectivity index is 2.02. The van der Waals surface area contributed by atoms with Crippen molar-refractivity contribution < 1.29 is 14.3 Å². The number of benzene rings is 2. The Morgan fingerprint density at radius 3 is 1.87 bits per heavy atom. The molecule has 0 aliphatic rings. The largest absolute Gasteiger partial charge is 0.497 e. The molecule has 23 heavy (non-hydrogen) atoms. The van der Waals surface area contributed by atoms with Crippen molar-refractivity contribution in [3.63, 3.8) is 0 Å². The monoisotopic (exact) mass is 332 g/mol. The van der Waals surface area contributed by atoms with Gasteiger partial charge in [-0.2, -0.15) is 0 Å². The number of carbonyl (C=O) groups is 1. The normalized spacial score (nSPS) is 12.0. The molecular formula is C19H21ClO3. The van der Waals surface area contributed by atoms with E-state index in [2.05, 4.69) is 0 Å². The Hall–Kier alpha value is -2.00. The van der Waals surface area contributed by atoms with Crippen LogP contribution in [0, 0.1) is 5.92 Å². The molecule has 0 aliphatic carbocycles. The smallest absolute Gasteiger partial charge is 0.329 e. The van der Waals surface area contributed by atoms with Crippen molar-refractivity contribution in [2.45, 2.75) is 25.6 Å². The second-order valence-corrected chi connectivity index (χ2v) is 6.30. The van der Waals surface area contributed by atoms with Crippen LogP contribution in [0.3, 0.4) is 0 Å². The number of hydrogen-bond acceptors (Lipinski definition) is 3. The highest BCUT2D eigenvalue weighted by Gasteiger charge is 2.19. The molecule has 4 heteroatoms. The van der Waals surface area contributed by atoms with E-state index in [0.29, 0.717) is 18.1 Å². The Morgan fingerprint density at radius 2 is 1.43 bits per heavy atom. The summed E-state index contributed by atoms with van der Waals surface area (Å²) in [6.45, 7) is 4.04. The summed E-state index contributed by atoms with van der Waals surface area (Å²) < 4.78 is 10.5. The van der Waals surface area contributed by atoms with E-state index in [1.807, 2.05) is 50.2 Å². The molecule has 0 amide bonds. The summed E-state index contributed by atoms with van der Waals surface area (Å²) in [6, 6.07) is 15.2. The maximum atomic E-state index is 11.9. The third-order valence-corrected chi connectivity index (χ3v) is 3.79. The van der Waals surface area contributed by atoms with Crippen LogP contribution in [0.1, 0.15) is 20.3 Å². The molecule has 0 aromatic heterocycles. The zero-order valence-corrected chi connectivity index (χ0v) is 14.3. The Morgan fingerprint density at radius 1 is 0.957 bits per heavy atom. The average molecular weight is 333 g/mol. The van der Waals surface area contributed by atoms with Gasteiger partial charge in [0.15, 0.2) is 0 Å². The predicted molar refractivity (Wildman–Crippen MR) is 93.2 cm³/mol. The van der Waals surface area contributed by atoms with E-state index < -0.39 is 11.3 Å². The lowest BCUT2D eigenvalue weighted by atomic mass is 10.1. The molecule has 0 aliphatic heterocycles. The number of carbonyl (C=O) groups excluding carboxylic acids is 1. The van der Waals surface area contributed by atoms with Gasteiger partial charge >= 0.3 is 5.97 Å². The van der Waals surface area contributed by atoms with Crippen molar-refractivity contribution in [1.29, 1.82) is 0 Å². The van der Waals surface area contributed by atoms with Gasteiger partial charge in [-0.15, -0.1) is 11.6 Å². The summed E-state index contributed by atoms with van der Waals surface area (Å²) in [4.78, 5) is 11.9. The van der Waals surface area contributed by atoms with Crippen molar-refractivity contribution >= 4 is 17.6 Å². The summed E-state index contributed by atoms with van der Waals surface area (Å²) in [5.74, 6) is 1.26. The second kappa shape index (κ2) is 8.02. The Labute approximate surface area is 142 Å². The molecule has 0 heterocycles. The molecule has 1 atom stereocenters. The maximum Gasteiger partial charge on any atom is 0.329 e. The first-order chi connectivity index (χ1) is 11.0. The molecule has 0 radical (unpaired) electrons. The second-order valence-electron chi connectivity index (χ2n) is 5.77. The van der Waals surface area contributed by atoms with E-state index >= 15 is 0 Å². The molecule has 2 rings (SSSR count). The van der Waals surface area contributed by atoms with Crippen molar-refractivity contribution in [3.05, 3.63) is 48.5 Å². The third-order valence-electron chi connectivity index (χ3n) is 3.43. The summed E-state index contributed by atoms with van der Waals surface area (Å²) in [5.41, 5.74) is 2.11. The van der Waals surface area contributed by atoms with E-state index in [1.165, 1.54) is 0 Å². The molecule has 2 aromatic rings. The minimum absolute atomic E-state index is 0.350. The van der Waals surface area contributed by atoms with E-state index in [0.717, 1.165) is 16.9 Å². The molecule has 0 saturated carbocycles. The molecule has 0 fully saturated rings.